The van der Waals surface area contributed by atoms with Gasteiger partial charge in [0.15, 0.2) is 23.2 Å². The molecule has 0 radical (unpaired) electrons. The second kappa shape index (κ2) is 13.7. The Balaban J connectivity index is 1.33. The predicted octanol–water partition coefficient (Wildman–Crippen LogP) is 11.6. The van der Waals surface area contributed by atoms with E-state index in [1.807, 2.05) is 109 Å². The van der Waals surface area contributed by atoms with Gasteiger partial charge in [0, 0.05) is 27.5 Å². The van der Waals surface area contributed by atoms with E-state index in [1.165, 1.54) is 0 Å². The van der Waals surface area contributed by atoms with E-state index in [-0.39, 0.29) is 0 Å². The Kier molecular flexibility index (Phi) is 8.18. The third-order valence-electron chi connectivity index (χ3n) is 9.71. The molecule has 0 N–H and O–H groups in total. The third-order valence-corrected chi connectivity index (χ3v) is 9.71. The summed E-state index contributed by atoms with van der Waals surface area (Å²) in [6, 6.07) is 57.7. The lowest BCUT2D eigenvalue weighted by atomic mass is 9.99. The van der Waals surface area contributed by atoms with E-state index in [0.717, 1.165) is 66.4 Å². The summed E-state index contributed by atoms with van der Waals surface area (Å²) in [6.45, 7) is 7.59. The number of nitrogens with zero attached hydrogens (tertiary/aromatic N) is 7. The van der Waals surface area contributed by atoms with Crippen LogP contribution in [0.2, 0.25) is 0 Å². The number of benzene rings is 7. The SMILES string of the molecule is [C-]#[N+]c1cccc(-c2ccc3c(c2)c2cc(-c4cccc(C#N)c4)ccc2n3-c2cc(C#N)ccc2-c2nc(-c3ccccc3)nc(-c3ccccc3)n2)c1. The van der Waals surface area contributed by atoms with Crippen molar-refractivity contribution in [1.82, 2.24) is 19.5 Å². The number of rotatable bonds is 6. The molecule has 7 heteroatoms. The summed E-state index contributed by atoms with van der Waals surface area (Å²) in [6.07, 6.45) is 0. The van der Waals surface area contributed by atoms with Gasteiger partial charge in [-0.25, -0.2) is 19.8 Å². The van der Waals surface area contributed by atoms with Crippen molar-refractivity contribution in [2.24, 2.45) is 0 Å². The molecule has 9 aromatic rings. The van der Waals surface area contributed by atoms with E-state index < -0.39 is 0 Å². The van der Waals surface area contributed by atoms with E-state index in [4.69, 9.17) is 21.5 Å². The zero-order chi connectivity index (χ0) is 37.3. The van der Waals surface area contributed by atoms with E-state index in [1.54, 1.807) is 18.2 Å². The molecule has 0 amide bonds. The second-order valence-corrected chi connectivity index (χ2v) is 13.0. The Hall–Kier alpha value is -8.18. The van der Waals surface area contributed by atoms with Gasteiger partial charge in [0.2, 0.25) is 0 Å². The van der Waals surface area contributed by atoms with Crippen LogP contribution in [-0.4, -0.2) is 19.5 Å². The average Bonchev–Trinajstić information content (AvgIpc) is 3.59. The van der Waals surface area contributed by atoms with Gasteiger partial charge in [-0.3, -0.25) is 0 Å². The summed E-state index contributed by atoms with van der Waals surface area (Å²) in [5, 5.41) is 21.8. The molecular weight excluding hydrogens is 675 g/mol. The van der Waals surface area contributed by atoms with Gasteiger partial charge in [-0.15, -0.1) is 0 Å². The predicted molar refractivity (Wildman–Crippen MR) is 217 cm³/mol. The van der Waals surface area contributed by atoms with Crippen LogP contribution in [0.25, 0.3) is 88.8 Å². The van der Waals surface area contributed by atoms with E-state index in [2.05, 4.69) is 57.9 Å². The van der Waals surface area contributed by atoms with Crippen LogP contribution in [-0.2, 0) is 0 Å². The van der Waals surface area contributed by atoms with Crippen LogP contribution in [0.15, 0.2) is 164 Å². The van der Waals surface area contributed by atoms with E-state index in [0.29, 0.717) is 34.3 Å². The van der Waals surface area contributed by atoms with Crippen molar-refractivity contribution < 1.29 is 0 Å². The molecule has 0 fully saturated rings. The van der Waals surface area contributed by atoms with Crippen molar-refractivity contribution >= 4 is 27.5 Å². The lowest BCUT2D eigenvalue weighted by Crippen LogP contribution is -2.04. The minimum absolute atomic E-state index is 0.472. The van der Waals surface area contributed by atoms with E-state index >= 15 is 0 Å². The standard InChI is InChI=1S/C48H27N7/c1-51-39-17-9-16-36(26-39)38-20-23-44-42(28-38)41-27-37(35-15-8-10-31(24-35)29-49)19-22-43(41)55(44)45-25-32(30-50)18-21-40(45)48-53-46(33-11-4-2-5-12-33)52-47(54-48)34-13-6-3-7-14-34/h2-28H. The third kappa shape index (κ3) is 6.03. The zero-order valence-corrected chi connectivity index (χ0v) is 29.2. The summed E-state index contributed by atoms with van der Waals surface area (Å²) in [4.78, 5) is 18.7. The summed E-state index contributed by atoms with van der Waals surface area (Å²) < 4.78 is 2.17. The summed E-state index contributed by atoms with van der Waals surface area (Å²) >= 11 is 0. The normalized spacial score (nSPS) is 10.9. The van der Waals surface area contributed by atoms with Crippen LogP contribution < -0.4 is 0 Å². The fourth-order valence-electron chi connectivity index (χ4n) is 7.07. The van der Waals surface area contributed by atoms with Crippen LogP contribution in [0.1, 0.15) is 11.1 Å². The first-order valence-electron chi connectivity index (χ1n) is 17.6. The Morgan fingerprint density at radius 1 is 0.455 bits per heavy atom. The number of fused-ring (bicyclic) bond motifs is 3. The Labute approximate surface area is 317 Å². The van der Waals surface area contributed by atoms with Crippen LogP contribution in [0.4, 0.5) is 5.69 Å². The molecule has 9 rings (SSSR count). The topological polar surface area (TPSA) is 95.5 Å². The highest BCUT2D eigenvalue weighted by Gasteiger charge is 2.21. The monoisotopic (exact) mass is 701 g/mol. The maximum absolute atomic E-state index is 10.2. The maximum atomic E-state index is 10.2. The van der Waals surface area contributed by atoms with Gasteiger partial charge >= 0.3 is 0 Å². The Morgan fingerprint density at radius 2 is 0.964 bits per heavy atom. The summed E-state index contributed by atoms with van der Waals surface area (Å²) in [5.41, 5.74) is 10.5. The number of hydrogen-bond acceptors (Lipinski definition) is 5. The van der Waals surface area contributed by atoms with Crippen LogP contribution in [0.3, 0.4) is 0 Å². The summed E-state index contributed by atoms with van der Waals surface area (Å²) in [5.74, 6) is 1.55. The molecule has 0 unspecified atom stereocenters. The van der Waals surface area contributed by atoms with E-state index in [9.17, 15) is 10.5 Å². The Bertz CT molecular complexity index is 2900. The summed E-state index contributed by atoms with van der Waals surface area (Å²) in [7, 11) is 0. The van der Waals surface area contributed by atoms with Gasteiger partial charge in [0.05, 0.1) is 46.6 Å². The number of aromatic nitrogens is 4. The highest BCUT2D eigenvalue weighted by molar-refractivity contribution is 6.12. The molecule has 0 bridgehead atoms. The van der Waals surface area contributed by atoms with Crippen molar-refractivity contribution in [3.63, 3.8) is 0 Å². The molecule has 0 saturated heterocycles. The molecule has 7 aromatic carbocycles. The van der Waals surface area contributed by atoms with Gasteiger partial charge in [-0.05, 0) is 82.9 Å². The smallest absolute Gasteiger partial charge is 0.187 e. The van der Waals surface area contributed by atoms with Crippen LogP contribution in [0, 0.1) is 29.2 Å². The molecule has 2 aromatic heterocycles. The molecule has 0 aliphatic carbocycles. The highest BCUT2D eigenvalue weighted by Crippen LogP contribution is 2.40. The van der Waals surface area contributed by atoms with Gasteiger partial charge in [-0.1, -0.05) is 103 Å². The van der Waals surface area contributed by atoms with Crippen LogP contribution in [0.5, 0.6) is 0 Å². The fourth-order valence-corrected chi connectivity index (χ4v) is 7.07. The van der Waals surface area contributed by atoms with Crippen molar-refractivity contribution in [2.75, 3.05) is 0 Å². The first-order chi connectivity index (χ1) is 27.1. The van der Waals surface area contributed by atoms with Gasteiger partial charge in [0.25, 0.3) is 0 Å². The average molecular weight is 702 g/mol. The highest BCUT2D eigenvalue weighted by atomic mass is 15.1. The molecule has 0 saturated carbocycles. The first-order valence-corrected chi connectivity index (χ1v) is 17.6. The maximum Gasteiger partial charge on any atom is 0.187 e. The Morgan fingerprint density at radius 3 is 1.55 bits per heavy atom. The zero-order valence-electron chi connectivity index (χ0n) is 29.2. The molecule has 7 nitrogen and oxygen atoms in total. The minimum atomic E-state index is 0.472. The molecule has 0 aliphatic rings. The molecular formula is C48H27N7. The van der Waals surface area contributed by atoms with Crippen molar-refractivity contribution in [1.29, 1.82) is 10.5 Å². The number of hydrogen-bond donors (Lipinski definition) is 0. The van der Waals surface area contributed by atoms with Crippen LogP contribution >= 0.6 is 0 Å². The molecule has 0 aliphatic heterocycles. The molecule has 0 atom stereocenters. The minimum Gasteiger partial charge on any atom is -0.308 e. The number of nitriles is 2. The molecule has 254 valence electrons. The van der Waals surface area contributed by atoms with Crippen molar-refractivity contribution in [3.8, 4) is 74.2 Å². The van der Waals surface area contributed by atoms with Gasteiger partial charge < -0.3 is 4.57 Å². The first kappa shape index (κ1) is 32.7. The van der Waals surface area contributed by atoms with Crippen molar-refractivity contribution in [3.05, 3.63) is 186 Å². The van der Waals surface area contributed by atoms with Gasteiger partial charge in [-0.2, -0.15) is 10.5 Å². The molecule has 2 heterocycles. The quantitative estimate of drug-likeness (QED) is 0.161. The van der Waals surface area contributed by atoms with Gasteiger partial charge in [0.1, 0.15) is 0 Å². The molecule has 55 heavy (non-hydrogen) atoms. The lowest BCUT2D eigenvalue weighted by Gasteiger charge is -2.15. The van der Waals surface area contributed by atoms with Crippen molar-refractivity contribution in [2.45, 2.75) is 0 Å². The largest absolute Gasteiger partial charge is 0.308 e. The second-order valence-electron chi connectivity index (χ2n) is 13.0. The fraction of sp³-hybridized carbons (Fsp3) is 0. The lowest BCUT2D eigenvalue weighted by molar-refractivity contribution is 1.06. The molecule has 0 spiro atoms.